The molecule has 1 aromatic carbocycles. The number of thiazole rings is 1. The number of amides is 3. The quantitative estimate of drug-likeness (QED) is 0.651. The third-order valence-corrected chi connectivity index (χ3v) is 5.92. The lowest BCUT2D eigenvalue weighted by molar-refractivity contribution is -0.116. The number of benzene rings is 1. The van der Waals surface area contributed by atoms with Crippen LogP contribution in [0.1, 0.15) is 38.5 Å². The van der Waals surface area contributed by atoms with Crippen molar-refractivity contribution in [3.8, 4) is 22.8 Å². The Morgan fingerprint density at radius 2 is 1.90 bits per heavy atom. The molecule has 1 aliphatic carbocycles. The second-order valence-corrected chi connectivity index (χ2v) is 8.29. The highest BCUT2D eigenvalue weighted by Crippen LogP contribution is 2.35. The highest BCUT2D eigenvalue weighted by Gasteiger charge is 2.16. The Bertz CT molecular complexity index is 895. The molecule has 4 rings (SSSR count). The molecule has 160 valence electrons. The minimum absolute atomic E-state index is 0.184. The molecule has 0 radical (unpaired) electrons. The predicted molar refractivity (Wildman–Crippen MR) is 115 cm³/mol. The van der Waals surface area contributed by atoms with Crippen LogP contribution in [0.15, 0.2) is 23.6 Å². The van der Waals surface area contributed by atoms with E-state index in [1.807, 2.05) is 23.6 Å². The molecule has 30 heavy (non-hydrogen) atoms. The van der Waals surface area contributed by atoms with E-state index in [1.165, 1.54) is 17.8 Å². The number of urea groups is 1. The molecule has 0 atom stereocenters. The third-order valence-electron chi connectivity index (χ3n) is 5.17. The lowest BCUT2D eigenvalue weighted by Crippen LogP contribution is -2.43. The molecule has 3 N–H and O–H groups in total. The van der Waals surface area contributed by atoms with Crippen LogP contribution in [-0.4, -0.2) is 42.7 Å². The Kier molecular flexibility index (Phi) is 6.68. The van der Waals surface area contributed by atoms with E-state index in [2.05, 4.69) is 20.9 Å². The molecule has 8 nitrogen and oxygen atoms in total. The van der Waals surface area contributed by atoms with Gasteiger partial charge >= 0.3 is 6.03 Å². The highest BCUT2D eigenvalue weighted by atomic mass is 32.1. The molecule has 0 spiro atoms. The summed E-state index contributed by atoms with van der Waals surface area (Å²) in [4.78, 5) is 28.6. The monoisotopic (exact) mass is 430 g/mol. The number of nitrogens with one attached hydrogen (secondary N) is 3. The lowest BCUT2D eigenvalue weighted by Gasteiger charge is -2.22. The Labute approximate surface area is 179 Å². The van der Waals surface area contributed by atoms with Crippen LogP contribution in [0.2, 0.25) is 0 Å². The smallest absolute Gasteiger partial charge is 0.315 e. The minimum atomic E-state index is -0.204. The van der Waals surface area contributed by atoms with Gasteiger partial charge in [-0.05, 0) is 31.0 Å². The van der Waals surface area contributed by atoms with Gasteiger partial charge in [0.1, 0.15) is 13.2 Å². The summed E-state index contributed by atoms with van der Waals surface area (Å²) in [6.07, 6.45) is 5.82. The summed E-state index contributed by atoms with van der Waals surface area (Å²) in [5.41, 5.74) is 1.66. The van der Waals surface area contributed by atoms with Crippen LogP contribution < -0.4 is 25.4 Å². The van der Waals surface area contributed by atoms with Gasteiger partial charge in [-0.2, -0.15) is 0 Å². The maximum Gasteiger partial charge on any atom is 0.315 e. The normalized spacial score (nSPS) is 16.0. The standard InChI is InChI=1S/C21H26N4O4S/c26-19(8-9-22-20(27)23-15-4-2-1-3-5-15)25-21-24-16(13-30-21)14-6-7-17-18(12-14)29-11-10-28-17/h6-7,12-13,15H,1-5,8-11H2,(H2,22,23,27)(H,24,25,26). The second-order valence-electron chi connectivity index (χ2n) is 7.43. The summed E-state index contributed by atoms with van der Waals surface area (Å²) in [5.74, 6) is 1.25. The van der Waals surface area contributed by atoms with Crippen molar-refractivity contribution in [3.05, 3.63) is 23.6 Å². The number of nitrogens with zero attached hydrogens (tertiary/aromatic N) is 1. The number of rotatable bonds is 6. The van der Waals surface area contributed by atoms with Crippen LogP contribution in [0.25, 0.3) is 11.3 Å². The Balaban J connectivity index is 1.22. The number of carbonyl (C=O) groups is 2. The van der Waals surface area contributed by atoms with Crippen molar-refractivity contribution in [1.29, 1.82) is 0 Å². The zero-order chi connectivity index (χ0) is 20.8. The Hall–Kier alpha value is -2.81. The van der Waals surface area contributed by atoms with Gasteiger partial charge in [0.15, 0.2) is 16.6 Å². The SMILES string of the molecule is O=C(CCNC(=O)NC1CCCCC1)Nc1nc(-c2ccc3c(c2)OCCO3)cs1. The second kappa shape index (κ2) is 9.80. The summed E-state index contributed by atoms with van der Waals surface area (Å²) in [7, 11) is 0. The molecule has 1 saturated carbocycles. The average Bonchev–Trinajstić information content (AvgIpc) is 3.22. The van der Waals surface area contributed by atoms with Crippen LogP contribution in [0, 0.1) is 0 Å². The average molecular weight is 431 g/mol. The molecule has 1 aliphatic heterocycles. The number of anilines is 1. The summed E-state index contributed by atoms with van der Waals surface area (Å²) < 4.78 is 11.1. The van der Waals surface area contributed by atoms with Crippen molar-refractivity contribution in [2.24, 2.45) is 0 Å². The number of hydrogen-bond acceptors (Lipinski definition) is 6. The van der Waals surface area contributed by atoms with Gasteiger partial charge in [-0.1, -0.05) is 19.3 Å². The predicted octanol–water partition coefficient (Wildman–Crippen LogP) is 3.54. The first-order valence-electron chi connectivity index (χ1n) is 10.4. The Morgan fingerprint density at radius 3 is 2.73 bits per heavy atom. The molecule has 0 unspecified atom stereocenters. The molecule has 9 heteroatoms. The van der Waals surface area contributed by atoms with E-state index in [9.17, 15) is 9.59 Å². The van der Waals surface area contributed by atoms with E-state index in [0.29, 0.717) is 24.1 Å². The van der Waals surface area contributed by atoms with Crippen molar-refractivity contribution in [2.75, 3.05) is 25.1 Å². The summed E-state index contributed by atoms with van der Waals surface area (Å²) in [6, 6.07) is 5.73. The summed E-state index contributed by atoms with van der Waals surface area (Å²) in [5, 5.41) is 10.9. The van der Waals surface area contributed by atoms with E-state index in [0.717, 1.165) is 42.7 Å². The van der Waals surface area contributed by atoms with Gasteiger partial charge in [0.2, 0.25) is 5.91 Å². The fraction of sp³-hybridized carbons (Fsp3) is 0.476. The molecule has 0 bridgehead atoms. The zero-order valence-corrected chi connectivity index (χ0v) is 17.6. The first kappa shape index (κ1) is 20.5. The number of hydrogen-bond donors (Lipinski definition) is 3. The molecular formula is C21H26N4O4S. The number of aromatic nitrogens is 1. The third kappa shape index (κ3) is 5.41. The van der Waals surface area contributed by atoms with Crippen molar-refractivity contribution < 1.29 is 19.1 Å². The van der Waals surface area contributed by atoms with Crippen LogP contribution in [0.5, 0.6) is 11.5 Å². The maximum absolute atomic E-state index is 12.2. The van der Waals surface area contributed by atoms with E-state index >= 15 is 0 Å². The lowest BCUT2D eigenvalue weighted by atomic mass is 9.96. The topological polar surface area (TPSA) is 102 Å². The van der Waals surface area contributed by atoms with Gasteiger partial charge in [0.05, 0.1) is 5.69 Å². The van der Waals surface area contributed by atoms with E-state index < -0.39 is 0 Å². The number of fused-ring (bicyclic) bond motifs is 1. The molecule has 1 fully saturated rings. The van der Waals surface area contributed by atoms with Crippen molar-refractivity contribution >= 4 is 28.4 Å². The summed E-state index contributed by atoms with van der Waals surface area (Å²) in [6.45, 7) is 1.36. The van der Waals surface area contributed by atoms with Gasteiger partial charge in [0, 0.05) is 30.0 Å². The van der Waals surface area contributed by atoms with Gasteiger partial charge in [-0.3, -0.25) is 4.79 Å². The Morgan fingerprint density at radius 1 is 1.10 bits per heavy atom. The van der Waals surface area contributed by atoms with Gasteiger partial charge in [0.25, 0.3) is 0 Å². The maximum atomic E-state index is 12.2. The van der Waals surface area contributed by atoms with E-state index in [-0.39, 0.29) is 30.9 Å². The van der Waals surface area contributed by atoms with Gasteiger partial charge in [-0.15, -0.1) is 11.3 Å². The fourth-order valence-corrected chi connectivity index (χ4v) is 4.36. The molecular weight excluding hydrogens is 404 g/mol. The molecule has 3 amide bonds. The zero-order valence-electron chi connectivity index (χ0n) is 16.7. The molecule has 1 aromatic heterocycles. The van der Waals surface area contributed by atoms with E-state index in [1.54, 1.807) is 0 Å². The largest absolute Gasteiger partial charge is 0.486 e. The summed E-state index contributed by atoms with van der Waals surface area (Å²) >= 11 is 1.36. The number of carbonyl (C=O) groups excluding carboxylic acids is 2. The van der Waals surface area contributed by atoms with Crippen molar-refractivity contribution in [3.63, 3.8) is 0 Å². The fourth-order valence-electron chi connectivity index (χ4n) is 3.62. The van der Waals surface area contributed by atoms with Crippen LogP contribution in [0.3, 0.4) is 0 Å². The van der Waals surface area contributed by atoms with Gasteiger partial charge < -0.3 is 25.4 Å². The van der Waals surface area contributed by atoms with Crippen LogP contribution in [0.4, 0.5) is 9.93 Å². The first-order valence-corrected chi connectivity index (χ1v) is 11.2. The van der Waals surface area contributed by atoms with Crippen LogP contribution >= 0.6 is 11.3 Å². The molecule has 0 saturated heterocycles. The molecule has 2 aromatic rings. The molecule has 2 aliphatic rings. The van der Waals surface area contributed by atoms with Gasteiger partial charge in [-0.25, -0.2) is 9.78 Å². The van der Waals surface area contributed by atoms with Crippen molar-refractivity contribution in [2.45, 2.75) is 44.6 Å². The van der Waals surface area contributed by atoms with Crippen LogP contribution in [-0.2, 0) is 4.79 Å². The molecule has 2 heterocycles. The highest BCUT2D eigenvalue weighted by molar-refractivity contribution is 7.14. The minimum Gasteiger partial charge on any atom is -0.486 e. The van der Waals surface area contributed by atoms with Crippen molar-refractivity contribution in [1.82, 2.24) is 15.6 Å². The first-order chi connectivity index (χ1) is 14.7. The number of ether oxygens (including phenoxy) is 2. The van der Waals surface area contributed by atoms with E-state index in [4.69, 9.17) is 9.47 Å².